The van der Waals surface area contributed by atoms with Gasteiger partial charge in [0, 0.05) is 17.1 Å². The normalized spacial score (nSPS) is 11.8. The van der Waals surface area contributed by atoms with E-state index in [0.717, 1.165) is 28.4 Å². The van der Waals surface area contributed by atoms with Gasteiger partial charge in [0.15, 0.2) is 0 Å². The Balaban J connectivity index is 1.51. The summed E-state index contributed by atoms with van der Waals surface area (Å²) in [7, 11) is 1.70. The molecule has 0 aliphatic rings. The van der Waals surface area contributed by atoms with Gasteiger partial charge in [0.25, 0.3) is 0 Å². The Labute approximate surface area is 258 Å². The topological polar surface area (TPSA) is 12.5 Å². The van der Waals surface area contributed by atoms with E-state index in [9.17, 15) is 0 Å². The van der Waals surface area contributed by atoms with Crippen LogP contribution in [0.2, 0.25) is 0 Å². The molecular formula is C41H43NO. The maximum absolute atomic E-state index is 5.41. The van der Waals surface area contributed by atoms with Crippen molar-refractivity contribution in [2.75, 3.05) is 12.0 Å². The molecule has 0 spiro atoms. The monoisotopic (exact) mass is 565 g/mol. The highest BCUT2D eigenvalue weighted by atomic mass is 16.5. The van der Waals surface area contributed by atoms with Crippen molar-refractivity contribution in [3.05, 3.63) is 156 Å². The Hall–Kier alpha value is -4.56. The van der Waals surface area contributed by atoms with E-state index in [4.69, 9.17) is 4.74 Å². The van der Waals surface area contributed by atoms with Crippen LogP contribution < -0.4 is 9.64 Å². The lowest BCUT2D eigenvalue weighted by molar-refractivity contribution is 0.392. The predicted molar refractivity (Wildman–Crippen MR) is 185 cm³/mol. The van der Waals surface area contributed by atoms with Crippen LogP contribution in [0.15, 0.2) is 133 Å². The van der Waals surface area contributed by atoms with Crippen molar-refractivity contribution in [1.82, 2.24) is 0 Å². The highest BCUT2D eigenvalue weighted by Crippen LogP contribution is 2.37. The Morgan fingerprint density at radius 1 is 0.605 bits per heavy atom. The molecule has 0 N–H and O–H groups in total. The van der Waals surface area contributed by atoms with Gasteiger partial charge in [-0.05, 0) is 101 Å². The zero-order chi connectivity index (χ0) is 30.1. The molecule has 0 unspecified atom stereocenters. The molecular weight excluding hydrogens is 522 g/mol. The number of rotatable bonds is 12. The van der Waals surface area contributed by atoms with E-state index in [2.05, 4.69) is 153 Å². The van der Waals surface area contributed by atoms with Crippen LogP contribution in [0.3, 0.4) is 0 Å². The van der Waals surface area contributed by atoms with E-state index in [0.29, 0.717) is 0 Å². The molecule has 218 valence electrons. The van der Waals surface area contributed by atoms with E-state index in [1.807, 2.05) is 12.1 Å². The number of methoxy groups -OCH3 is 1. The molecule has 5 rings (SSSR count). The number of hydrogen-bond acceptors (Lipinski definition) is 2. The lowest BCUT2D eigenvalue weighted by atomic mass is 9.75. The smallest absolute Gasteiger partial charge is 0.119 e. The molecule has 0 atom stereocenters. The Morgan fingerprint density at radius 2 is 1.09 bits per heavy atom. The van der Waals surface area contributed by atoms with Crippen LogP contribution in [0.4, 0.5) is 17.1 Å². The van der Waals surface area contributed by atoms with Gasteiger partial charge >= 0.3 is 0 Å². The van der Waals surface area contributed by atoms with Gasteiger partial charge in [-0.3, -0.25) is 0 Å². The lowest BCUT2D eigenvalue weighted by Crippen LogP contribution is -2.21. The lowest BCUT2D eigenvalue weighted by Gasteiger charge is -2.30. The van der Waals surface area contributed by atoms with Crippen LogP contribution >= 0.6 is 0 Å². The largest absolute Gasteiger partial charge is 0.497 e. The molecule has 5 aromatic rings. The summed E-state index contributed by atoms with van der Waals surface area (Å²) in [4.78, 5) is 2.27. The first-order chi connectivity index (χ1) is 21.0. The highest BCUT2D eigenvalue weighted by Gasteiger charge is 2.24. The van der Waals surface area contributed by atoms with Crippen LogP contribution in [0.1, 0.15) is 68.7 Å². The van der Waals surface area contributed by atoms with E-state index in [1.54, 1.807) is 7.11 Å². The molecule has 0 saturated heterocycles. The van der Waals surface area contributed by atoms with Crippen LogP contribution in [0.25, 0.3) is 11.6 Å². The van der Waals surface area contributed by atoms with Gasteiger partial charge in [0.1, 0.15) is 5.75 Å². The van der Waals surface area contributed by atoms with Crippen LogP contribution in [-0.2, 0) is 5.41 Å². The van der Waals surface area contributed by atoms with Crippen molar-refractivity contribution in [1.29, 1.82) is 0 Å². The maximum atomic E-state index is 5.41. The second kappa shape index (κ2) is 14.1. The summed E-state index contributed by atoms with van der Waals surface area (Å²) < 4.78 is 5.41. The average Bonchev–Trinajstić information content (AvgIpc) is 3.06. The molecule has 0 bridgehead atoms. The molecule has 0 aromatic heterocycles. The van der Waals surface area contributed by atoms with Gasteiger partial charge in [-0.25, -0.2) is 0 Å². The third kappa shape index (κ3) is 7.09. The fraction of sp³-hybridized carbons (Fsp3) is 0.220. The second-order valence-corrected chi connectivity index (χ2v) is 11.5. The van der Waals surface area contributed by atoms with E-state index < -0.39 is 0 Å². The van der Waals surface area contributed by atoms with Gasteiger partial charge < -0.3 is 9.64 Å². The zero-order valence-corrected chi connectivity index (χ0v) is 26.0. The van der Waals surface area contributed by atoms with Crippen molar-refractivity contribution >= 4 is 28.7 Å². The molecule has 0 aliphatic carbocycles. The van der Waals surface area contributed by atoms with Gasteiger partial charge in [0.05, 0.1) is 7.11 Å². The molecule has 2 nitrogen and oxygen atoms in total. The Kier molecular flexibility index (Phi) is 9.79. The average molecular weight is 566 g/mol. The molecule has 43 heavy (non-hydrogen) atoms. The number of hydrogen-bond donors (Lipinski definition) is 0. The molecule has 0 heterocycles. The minimum Gasteiger partial charge on any atom is -0.497 e. The van der Waals surface area contributed by atoms with E-state index in [-0.39, 0.29) is 5.41 Å². The molecule has 0 radical (unpaired) electrons. The van der Waals surface area contributed by atoms with Gasteiger partial charge in [0.2, 0.25) is 0 Å². The van der Waals surface area contributed by atoms with Crippen molar-refractivity contribution in [2.24, 2.45) is 0 Å². The summed E-state index contributed by atoms with van der Waals surface area (Å²) in [5.41, 5.74) is 9.80. The summed E-state index contributed by atoms with van der Waals surface area (Å²) >= 11 is 0. The van der Waals surface area contributed by atoms with Gasteiger partial charge in [-0.1, -0.05) is 119 Å². The predicted octanol–water partition coefficient (Wildman–Crippen LogP) is 11.6. The minimum absolute atomic E-state index is 0.225. The summed E-state index contributed by atoms with van der Waals surface area (Å²) in [5, 5.41) is 0. The van der Waals surface area contributed by atoms with Crippen molar-refractivity contribution in [2.45, 2.75) is 51.9 Å². The van der Waals surface area contributed by atoms with Crippen molar-refractivity contribution < 1.29 is 4.74 Å². The van der Waals surface area contributed by atoms with Crippen LogP contribution in [-0.4, -0.2) is 7.11 Å². The number of para-hydroxylation sites is 1. The fourth-order valence-corrected chi connectivity index (χ4v) is 6.16. The van der Waals surface area contributed by atoms with E-state index >= 15 is 0 Å². The second-order valence-electron chi connectivity index (χ2n) is 11.5. The Bertz CT molecular complexity index is 1580. The standard InChI is InChI=1S/C41H43NO/c1-5-29-41(3,30-6-2)35-21-19-34(20-22-35)40(33-13-9-7-10-14-33)31-32-17-23-37(24-18-32)42(36-15-11-8-12-16-36)38-25-27-39(43-4)28-26-38/h7-28,31H,5-6,29-30H2,1-4H3/b40-31+. The molecule has 0 fully saturated rings. The number of benzene rings is 5. The molecule has 0 amide bonds. The fourth-order valence-electron chi connectivity index (χ4n) is 6.16. The van der Waals surface area contributed by atoms with Crippen molar-refractivity contribution in [3.8, 4) is 5.75 Å². The van der Waals surface area contributed by atoms with Crippen LogP contribution in [0.5, 0.6) is 5.75 Å². The summed E-state index contributed by atoms with van der Waals surface area (Å²) in [6.07, 6.45) is 7.13. The summed E-state index contributed by atoms with van der Waals surface area (Å²) in [6, 6.07) is 47.6. The van der Waals surface area contributed by atoms with Gasteiger partial charge in [-0.2, -0.15) is 0 Å². The Morgan fingerprint density at radius 3 is 1.63 bits per heavy atom. The first-order valence-corrected chi connectivity index (χ1v) is 15.5. The molecule has 5 aromatic carbocycles. The number of ether oxygens (including phenoxy) is 1. The summed E-state index contributed by atoms with van der Waals surface area (Å²) in [5.74, 6) is 0.846. The molecule has 2 heteroatoms. The summed E-state index contributed by atoms with van der Waals surface area (Å²) in [6.45, 7) is 7.01. The number of nitrogens with zero attached hydrogens (tertiary/aromatic N) is 1. The SMILES string of the molecule is CCCC(C)(CCC)c1ccc(/C(=C/c2ccc(N(c3ccccc3)c3ccc(OC)cc3)cc2)c2ccccc2)cc1. The third-order valence-corrected chi connectivity index (χ3v) is 8.39. The van der Waals surface area contributed by atoms with Crippen LogP contribution in [0, 0.1) is 0 Å². The first kappa shape index (κ1) is 29.9. The molecule has 0 aliphatic heterocycles. The third-order valence-electron chi connectivity index (χ3n) is 8.39. The number of anilines is 3. The van der Waals surface area contributed by atoms with E-state index in [1.165, 1.54) is 47.9 Å². The zero-order valence-electron chi connectivity index (χ0n) is 26.0. The highest BCUT2D eigenvalue weighted by molar-refractivity contribution is 5.91. The maximum Gasteiger partial charge on any atom is 0.119 e. The minimum atomic E-state index is 0.225. The molecule has 0 saturated carbocycles. The van der Waals surface area contributed by atoms with Crippen molar-refractivity contribution in [3.63, 3.8) is 0 Å². The first-order valence-electron chi connectivity index (χ1n) is 15.5. The quantitative estimate of drug-likeness (QED) is 0.140. The van der Waals surface area contributed by atoms with Gasteiger partial charge in [-0.15, -0.1) is 0 Å².